The van der Waals surface area contributed by atoms with Crippen LogP contribution in [0.25, 0.3) is 0 Å². The molecule has 6 nitrogen and oxygen atoms in total. The first-order valence-electron chi connectivity index (χ1n) is 15.5. The van der Waals surface area contributed by atoms with E-state index in [1.165, 1.54) is 46.5 Å². The van der Waals surface area contributed by atoms with Gasteiger partial charge in [-0.25, -0.2) is 0 Å². The smallest absolute Gasteiger partial charge is 0.0592 e. The number of piperidine rings is 1. The Hall–Kier alpha value is -3.19. The molecule has 0 spiro atoms. The largest absolute Gasteiger partial charge is 0.369 e. The van der Waals surface area contributed by atoms with Gasteiger partial charge in [0.25, 0.3) is 0 Å². The monoisotopic (exact) mass is 550 g/mol. The van der Waals surface area contributed by atoms with Gasteiger partial charge in [-0.3, -0.25) is 10.00 Å². The van der Waals surface area contributed by atoms with Crippen LogP contribution in [0.2, 0.25) is 0 Å². The molecule has 2 aliphatic heterocycles. The van der Waals surface area contributed by atoms with Gasteiger partial charge in [-0.15, -0.1) is 0 Å². The lowest BCUT2D eigenvalue weighted by atomic mass is 9.66. The highest BCUT2D eigenvalue weighted by atomic mass is 15.3. The van der Waals surface area contributed by atoms with Crippen LogP contribution in [0.3, 0.4) is 0 Å². The van der Waals surface area contributed by atoms with Crippen LogP contribution in [-0.2, 0) is 5.41 Å². The highest BCUT2D eigenvalue weighted by Crippen LogP contribution is 2.45. The van der Waals surface area contributed by atoms with Gasteiger partial charge in [-0.2, -0.15) is 5.10 Å². The van der Waals surface area contributed by atoms with Crippen molar-refractivity contribution >= 4 is 5.69 Å². The van der Waals surface area contributed by atoms with Crippen molar-refractivity contribution in [2.75, 3.05) is 63.8 Å². The van der Waals surface area contributed by atoms with Crippen LogP contribution in [0.15, 0.2) is 84.1 Å². The first kappa shape index (κ1) is 28.0. The number of anilines is 1. The van der Waals surface area contributed by atoms with Crippen LogP contribution in [0.4, 0.5) is 5.69 Å². The first-order valence-corrected chi connectivity index (χ1v) is 15.5. The first-order chi connectivity index (χ1) is 20.1. The zero-order chi connectivity index (χ0) is 28.1. The maximum absolute atomic E-state index is 4.38. The van der Waals surface area contributed by atoms with E-state index in [4.69, 9.17) is 0 Å². The fraction of sp³-hybridized carbons (Fsp3) is 0.457. The van der Waals surface area contributed by atoms with E-state index in [1.54, 1.807) is 5.57 Å². The molecule has 0 amide bonds. The zero-order valence-corrected chi connectivity index (χ0v) is 24.8. The van der Waals surface area contributed by atoms with E-state index in [2.05, 4.69) is 111 Å². The molecule has 0 bridgehead atoms. The number of aromatic amines is 1. The van der Waals surface area contributed by atoms with E-state index in [0.29, 0.717) is 5.92 Å². The summed E-state index contributed by atoms with van der Waals surface area (Å²) in [6.45, 7) is 14.1. The molecule has 1 aliphatic carbocycles. The minimum absolute atomic E-state index is 0.214. The Morgan fingerprint density at radius 1 is 0.951 bits per heavy atom. The summed E-state index contributed by atoms with van der Waals surface area (Å²) in [7, 11) is 0. The summed E-state index contributed by atoms with van der Waals surface area (Å²) in [6, 6.07) is 19.9. The summed E-state index contributed by atoms with van der Waals surface area (Å²) >= 11 is 0. The Morgan fingerprint density at radius 2 is 1.76 bits per heavy atom. The number of piperazine rings is 1. The third-order valence-electron chi connectivity index (χ3n) is 9.64. The quantitative estimate of drug-likeness (QED) is 0.328. The Morgan fingerprint density at radius 3 is 2.51 bits per heavy atom. The molecule has 2 fully saturated rings. The molecule has 0 saturated carbocycles. The highest BCUT2D eigenvalue weighted by Gasteiger charge is 2.38. The van der Waals surface area contributed by atoms with Gasteiger partial charge >= 0.3 is 0 Å². The topological polar surface area (TPSA) is 59.2 Å². The molecule has 3 N–H and O–H groups in total. The van der Waals surface area contributed by atoms with E-state index in [1.807, 2.05) is 6.20 Å². The molecule has 41 heavy (non-hydrogen) atoms. The molecule has 2 saturated heterocycles. The normalized spacial score (nSPS) is 22.4. The van der Waals surface area contributed by atoms with Gasteiger partial charge in [0.05, 0.1) is 5.41 Å². The Balaban J connectivity index is 1.12. The number of rotatable bonds is 9. The summed E-state index contributed by atoms with van der Waals surface area (Å²) in [5, 5.41) is 15.1. The van der Waals surface area contributed by atoms with Crippen LogP contribution in [-0.4, -0.2) is 74.0 Å². The number of allylic oxidation sites excluding steroid dienone is 2. The second kappa shape index (κ2) is 12.8. The van der Waals surface area contributed by atoms with Gasteiger partial charge < -0.3 is 15.5 Å². The van der Waals surface area contributed by atoms with E-state index >= 15 is 0 Å². The molecule has 3 heterocycles. The Bertz CT molecular complexity index is 1330. The number of aryl methyl sites for hydroxylation is 1. The second-order valence-corrected chi connectivity index (χ2v) is 12.2. The Labute approximate surface area is 245 Å². The predicted molar refractivity (Wildman–Crippen MR) is 170 cm³/mol. The molecule has 1 atom stereocenters. The maximum Gasteiger partial charge on any atom is 0.0592 e. The average molecular weight is 551 g/mol. The van der Waals surface area contributed by atoms with Gasteiger partial charge in [0.15, 0.2) is 0 Å². The molecule has 3 aromatic rings. The molecule has 1 unspecified atom stereocenters. The van der Waals surface area contributed by atoms with Crippen molar-refractivity contribution in [3.05, 3.63) is 106 Å². The second-order valence-electron chi connectivity index (χ2n) is 12.2. The molecule has 2 aromatic carbocycles. The highest BCUT2D eigenvalue weighted by molar-refractivity contribution is 5.56. The van der Waals surface area contributed by atoms with Crippen LogP contribution in [0.5, 0.6) is 0 Å². The molecular formula is C35H46N6. The molecule has 0 radical (unpaired) electrons. The van der Waals surface area contributed by atoms with Crippen LogP contribution in [0.1, 0.15) is 41.6 Å². The van der Waals surface area contributed by atoms with Crippen molar-refractivity contribution in [1.29, 1.82) is 0 Å². The van der Waals surface area contributed by atoms with E-state index in [9.17, 15) is 0 Å². The number of nitrogens with zero attached hydrogens (tertiary/aromatic N) is 3. The number of H-pyrrole nitrogens is 1. The summed E-state index contributed by atoms with van der Waals surface area (Å²) in [6.07, 6.45) is 10.4. The number of nitrogens with one attached hydrogen (secondary N) is 3. The van der Waals surface area contributed by atoms with Crippen molar-refractivity contribution < 1.29 is 0 Å². The fourth-order valence-electron chi connectivity index (χ4n) is 7.09. The predicted octanol–water partition coefficient (Wildman–Crippen LogP) is 4.98. The van der Waals surface area contributed by atoms with Gasteiger partial charge in [-0.1, -0.05) is 60.2 Å². The molecule has 6 rings (SSSR count). The van der Waals surface area contributed by atoms with Crippen molar-refractivity contribution in [2.24, 2.45) is 5.92 Å². The molecular weight excluding hydrogens is 504 g/mol. The van der Waals surface area contributed by atoms with Crippen molar-refractivity contribution in [1.82, 2.24) is 25.7 Å². The van der Waals surface area contributed by atoms with E-state index < -0.39 is 0 Å². The molecule has 216 valence electrons. The average Bonchev–Trinajstić information content (AvgIpc) is 3.58. The van der Waals surface area contributed by atoms with Gasteiger partial charge in [0.2, 0.25) is 0 Å². The zero-order valence-electron chi connectivity index (χ0n) is 24.8. The summed E-state index contributed by atoms with van der Waals surface area (Å²) in [5.74, 6) is 0.638. The van der Waals surface area contributed by atoms with Crippen LogP contribution in [0, 0.1) is 19.8 Å². The summed E-state index contributed by atoms with van der Waals surface area (Å²) < 4.78 is 0. The molecule has 1 aromatic heterocycles. The van der Waals surface area contributed by atoms with Gasteiger partial charge in [0, 0.05) is 63.4 Å². The van der Waals surface area contributed by atoms with Crippen molar-refractivity contribution in [2.45, 2.75) is 38.5 Å². The van der Waals surface area contributed by atoms with Crippen LogP contribution < -0.4 is 15.5 Å². The maximum atomic E-state index is 4.38. The Kier molecular flexibility index (Phi) is 8.70. The molecule has 3 aliphatic rings. The lowest BCUT2D eigenvalue weighted by molar-refractivity contribution is 0.258. The summed E-state index contributed by atoms with van der Waals surface area (Å²) in [5.41, 5.74) is 9.49. The lowest BCUT2D eigenvalue weighted by Gasteiger charge is -2.39. The summed E-state index contributed by atoms with van der Waals surface area (Å²) in [4.78, 5) is 5.17. The standard InChI is InChI=1S/C35H46N6/c1-27-7-6-10-33(28(27)2)41-21-19-40(20-22-41)18-17-37-26-29-23-31(30-11-14-36-15-12-30)25-35(24-29,34-13-16-38-39-34)32-8-4-3-5-9-32/h3-10,13,16,23-24,30,36-37H,11-12,14-15,17-22,25-26H2,1-2H3,(H,38,39). The number of aromatic nitrogens is 2. The minimum atomic E-state index is -0.214. The third kappa shape index (κ3) is 6.20. The number of hydrogen-bond acceptors (Lipinski definition) is 5. The number of benzene rings is 2. The lowest BCUT2D eigenvalue weighted by Crippen LogP contribution is -2.48. The van der Waals surface area contributed by atoms with Gasteiger partial charge in [0.1, 0.15) is 0 Å². The van der Waals surface area contributed by atoms with Crippen LogP contribution >= 0.6 is 0 Å². The number of hydrogen-bond donors (Lipinski definition) is 3. The van der Waals surface area contributed by atoms with Crippen molar-refractivity contribution in [3.63, 3.8) is 0 Å². The third-order valence-corrected chi connectivity index (χ3v) is 9.64. The minimum Gasteiger partial charge on any atom is -0.369 e. The fourth-order valence-corrected chi connectivity index (χ4v) is 7.09. The SMILES string of the molecule is Cc1cccc(N2CCN(CCNCC3=CC(c4ccccc4)(c4ccn[nH]4)CC(C4CCNCC4)=C3)CC2)c1C. The van der Waals surface area contributed by atoms with E-state index in [0.717, 1.165) is 65.3 Å². The van der Waals surface area contributed by atoms with Crippen molar-refractivity contribution in [3.8, 4) is 0 Å². The van der Waals surface area contributed by atoms with Gasteiger partial charge in [-0.05, 0) is 86.5 Å². The molecule has 6 heteroatoms. The van der Waals surface area contributed by atoms with E-state index in [-0.39, 0.29) is 5.41 Å².